The zero-order chi connectivity index (χ0) is 10.8. The molecule has 1 nitrogen and oxygen atoms in total. The molecule has 0 aliphatic carbocycles. The van der Waals surface area contributed by atoms with E-state index in [9.17, 15) is 4.79 Å². The minimum Gasteiger partial charge on any atom is -0.298 e. The quantitative estimate of drug-likeness (QED) is 0.594. The molecule has 0 bridgehead atoms. The van der Waals surface area contributed by atoms with Crippen molar-refractivity contribution >= 4 is 33.0 Å². The van der Waals surface area contributed by atoms with E-state index in [-0.39, 0.29) is 0 Å². The van der Waals surface area contributed by atoms with Crippen LogP contribution in [0.5, 0.6) is 0 Å². The Morgan fingerprint density at radius 3 is 2.73 bits per heavy atom. The van der Waals surface area contributed by atoms with Gasteiger partial charge in [-0.15, -0.1) is 0 Å². The first kappa shape index (κ1) is 10.4. The van der Waals surface area contributed by atoms with Gasteiger partial charge in [0, 0.05) is 10.9 Å². The van der Waals surface area contributed by atoms with Crippen LogP contribution in [0.4, 0.5) is 0 Å². The first-order chi connectivity index (χ1) is 7.27. The summed E-state index contributed by atoms with van der Waals surface area (Å²) in [6.45, 7) is 1.99. The van der Waals surface area contributed by atoms with Gasteiger partial charge in [-0.2, -0.15) is 0 Å². The van der Waals surface area contributed by atoms with Crippen LogP contribution in [-0.4, -0.2) is 6.29 Å². The van der Waals surface area contributed by atoms with Crippen molar-refractivity contribution in [3.8, 4) is 0 Å². The highest BCUT2D eigenvalue weighted by molar-refractivity contribution is 9.08. The van der Waals surface area contributed by atoms with Gasteiger partial charge in [-0.3, -0.25) is 4.79 Å². The van der Waals surface area contributed by atoms with E-state index in [0.717, 1.165) is 33.5 Å². The van der Waals surface area contributed by atoms with Crippen molar-refractivity contribution in [1.29, 1.82) is 0 Å². The van der Waals surface area contributed by atoms with Gasteiger partial charge in [0.1, 0.15) is 0 Å². The summed E-state index contributed by atoms with van der Waals surface area (Å²) in [6, 6.07) is 10.1. The van der Waals surface area contributed by atoms with E-state index in [4.69, 9.17) is 0 Å². The van der Waals surface area contributed by atoms with E-state index >= 15 is 0 Å². The molecule has 0 spiro atoms. The van der Waals surface area contributed by atoms with Gasteiger partial charge in [-0.25, -0.2) is 0 Å². The molecule has 0 aliphatic heterocycles. The number of hydrogen-bond acceptors (Lipinski definition) is 1. The first-order valence-electron chi connectivity index (χ1n) is 4.80. The van der Waals surface area contributed by atoms with E-state index < -0.39 is 0 Å². The van der Waals surface area contributed by atoms with Crippen LogP contribution in [0, 0.1) is 6.92 Å². The van der Waals surface area contributed by atoms with Gasteiger partial charge >= 0.3 is 0 Å². The van der Waals surface area contributed by atoms with Crippen LogP contribution in [0.3, 0.4) is 0 Å². The van der Waals surface area contributed by atoms with Crippen molar-refractivity contribution in [3.63, 3.8) is 0 Å². The van der Waals surface area contributed by atoms with Gasteiger partial charge < -0.3 is 0 Å². The van der Waals surface area contributed by atoms with Crippen LogP contribution in [0.25, 0.3) is 10.8 Å². The maximum absolute atomic E-state index is 11.1. The molecular weight excluding hydrogens is 252 g/mol. The fourth-order valence-electron chi connectivity index (χ4n) is 1.83. The predicted molar refractivity (Wildman–Crippen MR) is 66.7 cm³/mol. The van der Waals surface area contributed by atoms with Crippen molar-refractivity contribution in [2.45, 2.75) is 12.3 Å². The maximum atomic E-state index is 11.1. The molecule has 0 fully saturated rings. The molecule has 0 aromatic heterocycles. The third-order valence-corrected chi connectivity index (χ3v) is 3.33. The molecule has 0 saturated carbocycles. The summed E-state index contributed by atoms with van der Waals surface area (Å²) in [7, 11) is 0. The van der Waals surface area contributed by atoms with Crippen LogP contribution >= 0.6 is 15.9 Å². The van der Waals surface area contributed by atoms with Crippen LogP contribution in [0.15, 0.2) is 30.3 Å². The number of aldehydes is 1. The molecule has 15 heavy (non-hydrogen) atoms. The number of alkyl halides is 1. The first-order valence-corrected chi connectivity index (χ1v) is 5.92. The summed E-state index contributed by atoms with van der Waals surface area (Å²) in [4.78, 5) is 11.1. The van der Waals surface area contributed by atoms with Crippen molar-refractivity contribution in [2.75, 3.05) is 0 Å². The molecule has 2 aromatic carbocycles. The van der Waals surface area contributed by atoms with Gasteiger partial charge in [-0.1, -0.05) is 40.2 Å². The SMILES string of the molecule is Cc1c(CBr)cc2ccccc2c1C=O. The molecule has 0 N–H and O–H groups in total. The van der Waals surface area contributed by atoms with Crippen molar-refractivity contribution < 1.29 is 4.79 Å². The standard InChI is InChI=1S/C13H11BrO/c1-9-11(7-14)6-10-4-2-3-5-12(10)13(9)8-15/h2-6,8H,7H2,1H3. The molecule has 76 valence electrons. The highest BCUT2D eigenvalue weighted by Crippen LogP contribution is 2.25. The Balaban J connectivity index is 2.89. The number of hydrogen-bond donors (Lipinski definition) is 0. The Morgan fingerprint density at radius 2 is 2.07 bits per heavy atom. The minimum atomic E-state index is 0.782. The molecule has 0 unspecified atom stereocenters. The second-order valence-corrected chi connectivity index (χ2v) is 4.11. The molecule has 0 atom stereocenters. The van der Waals surface area contributed by atoms with Crippen LogP contribution < -0.4 is 0 Å². The Bertz CT molecular complexity index is 517. The fraction of sp³-hybridized carbons (Fsp3) is 0.154. The minimum absolute atomic E-state index is 0.782. The number of benzene rings is 2. The zero-order valence-electron chi connectivity index (χ0n) is 8.46. The zero-order valence-corrected chi connectivity index (χ0v) is 10.0. The maximum Gasteiger partial charge on any atom is 0.150 e. The van der Waals surface area contributed by atoms with Gasteiger partial charge in [-0.05, 0) is 34.9 Å². The summed E-state index contributed by atoms with van der Waals surface area (Å²) < 4.78 is 0. The summed E-state index contributed by atoms with van der Waals surface area (Å²) >= 11 is 3.44. The average molecular weight is 263 g/mol. The molecule has 0 saturated heterocycles. The monoisotopic (exact) mass is 262 g/mol. The number of halogens is 1. The van der Waals surface area contributed by atoms with Gasteiger partial charge in [0.25, 0.3) is 0 Å². The second kappa shape index (κ2) is 4.15. The predicted octanol–water partition coefficient (Wildman–Crippen LogP) is 3.86. The summed E-state index contributed by atoms with van der Waals surface area (Å²) in [5.41, 5.74) is 3.05. The number of carbonyl (C=O) groups excluding carboxylic acids is 1. The average Bonchev–Trinajstić information content (AvgIpc) is 2.28. The van der Waals surface area contributed by atoms with E-state index in [0.29, 0.717) is 0 Å². The lowest BCUT2D eigenvalue weighted by atomic mass is 9.96. The van der Waals surface area contributed by atoms with Crippen LogP contribution in [0.2, 0.25) is 0 Å². The highest BCUT2D eigenvalue weighted by atomic mass is 79.9. The molecule has 2 heteroatoms. The molecule has 0 heterocycles. The van der Waals surface area contributed by atoms with Crippen molar-refractivity contribution in [3.05, 3.63) is 47.0 Å². The molecule has 0 radical (unpaired) electrons. The third-order valence-electron chi connectivity index (χ3n) is 2.73. The topological polar surface area (TPSA) is 17.1 Å². The van der Waals surface area contributed by atoms with Crippen molar-refractivity contribution in [2.24, 2.45) is 0 Å². The molecule has 0 aliphatic rings. The fourth-order valence-corrected chi connectivity index (χ4v) is 2.41. The Kier molecular flexibility index (Phi) is 2.87. The molecule has 2 rings (SSSR count). The Labute approximate surface area is 97.2 Å². The molecule has 2 aromatic rings. The van der Waals surface area contributed by atoms with E-state index in [2.05, 4.69) is 22.0 Å². The second-order valence-electron chi connectivity index (χ2n) is 3.55. The Morgan fingerprint density at radius 1 is 1.33 bits per heavy atom. The Hall–Kier alpha value is -1.15. The number of carbonyl (C=O) groups is 1. The number of rotatable bonds is 2. The van der Waals surface area contributed by atoms with Gasteiger partial charge in [0.2, 0.25) is 0 Å². The van der Waals surface area contributed by atoms with Crippen molar-refractivity contribution in [1.82, 2.24) is 0 Å². The largest absolute Gasteiger partial charge is 0.298 e. The van der Waals surface area contributed by atoms with Crippen LogP contribution in [0.1, 0.15) is 21.5 Å². The summed E-state index contributed by atoms with van der Waals surface area (Å²) in [6.07, 6.45) is 0.948. The normalized spacial score (nSPS) is 10.5. The summed E-state index contributed by atoms with van der Waals surface area (Å²) in [5, 5.41) is 2.94. The molecule has 0 amide bonds. The van der Waals surface area contributed by atoms with E-state index in [1.54, 1.807) is 0 Å². The summed E-state index contributed by atoms with van der Waals surface area (Å²) in [5.74, 6) is 0. The smallest absolute Gasteiger partial charge is 0.150 e. The third kappa shape index (κ3) is 1.70. The van der Waals surface area contributed by atoms with Gasteiger partial charge in [0.15, 0.2) is 6.29 Å². The highest BCUT2D eigenvalue weighted by Gasteiger charge is 2.07. The van der Waals surface area contributed by atoms with Gasteiger partial charge in [0.05, 0.1) is 0 Å². The lowest BCUT2D eigenvalue weighted by Crippen LogP contribution is -1.94. The van der Waals surface area contributed by atoms with E-state index in [1.807, 2.05) is 31.2 Å². The van der Waals surface area contributed by atoms with E-state index in [1.165, 1.54) is 5.56 Å². The molecular formula is C13H11BrO. The lowest BCUT2D eigenvalue weighted by Gasteiger charge is -2.09. The van der Waals surface area contributed by atoms with Crippen LogP contribution in [-0.2, 0) is 5.33 Å². The number of fused-ring (bicyclic) bond motifs is 1. The lowest BCUT2D eigenvalue weighted by molar-refractivity contribution is 0.112.